The fourth-order valence-electron chi connectivity index (χ4n) is 1.49. The van der Waals surface area contributed by atoms with Crippen LogP contribution in [-0.2, 0) is 5.33 Å². The molecule has 84 valence electrons. The summed E-state index contributed by atoms with van der Waals surface area (Å²) in [5.41, 5.74) is 2.15. The van der Waals surface area contributed by atoms with Crippen LogP contribution in [-0.4, -0.2) is 12.1 Å². The van der Waals surface area contributed by atoms with Gasteiger partial charge in [-0.1, -0.05) is 28.1 Å². The first-order valence-corrected chi connectivity index (χ1v) is 6.85. The fourth-order valence-corrected chi connectivity index (χ4v) is 3.18. The lowest BCUT2D eigenvalue weighted by Gasteiger charge is -2.04. The van der Waals surface area contributed by atoms with Gasteiger partial charge in [0.1, 0.15) is 10.8 Å². The Balaban J connectivity index is 2.49. The van der Waals surface area contributed by atoms with E-state index in [1.807, 2.05) is 31.2 Å². The number of hydrogen-bond acceptors (Lipinski definition) is 3. The van der Waals surface area contributed by atoms with Gasteiger partial charge in [-0.2, -0.15) is 0 Å². The molecule has 0 aliphatic rings. The summed E-state index contributed by atoms with van der Waals surface area (Å²) in [7, 11) is 1.69. The first-order valence-electron chi connectivity index (χ1n) is 4.92. The third kappa shape index (κ3) is 2.13. The molecule has 0 unspecified atom stereocenters. The third-order valence-electron chi connectivity index (χ3n) is 2.35. The highest BCUT2D eigenvalue weighted by atomic mass is 79.9. The number of ether oxygens (including phenoxy) is 1. The summed E-state index contributed by atoms with van der Waals surface area (Å²) in [6.45, 7) is 2.03. The van der Waals surface area contributed by atoms with Crippen LogP contribution < -0.4 is 4.74 Å². The Hall–Kier alpha value is -0.870. The minimum absolute atomic E-state index is 0.853. The SMILES string of the molecule is COc1ccccc1-c1nc(C)c(CBr)s1. The standard InChI is InChI=1S/C12H12BrNOS/c1-8-11(7-13)16-12(14-8)9-5-3-4-6-10(9)15-2/h3-6H,7H2,1-2H3. The van der Waals surface area contributed by atoms with Crippen molar-refractivity contribution in [1.29, 1.82) is 0 Å². The summed E-state index contributed by atoms with van der Waals surface area (Å²) in [5.74, 6) is 0.873. The highest BCUT2D eigenvalue weighted by Gasteiger charge is 2.11. The van der Waals surface area contributed by atoms with Crippen LogP contribution in [0.5, 0.6) is 5.75 Å². The Labute approximate surface area is 107 Å². The lowest BCUT2D eigenvalue weighted by atomic mass is 10.2. The highest BCUT2D eigenvalue weighted by Crippen LogP contribution is 2.34. The molecule has 0 fully saturated rings. The molecule has 0 saturated carbocycles. The van der Waals surface area contributed by atoms with E-state index < -0.39 is 0 Å². The van der Waals surface area contributed by atoms with E-state index in [4.69, 9.17) is 4.74 Å². The molecule has 2 rings (SSSR count). The van der Waals surface area contributed by atoms with E-state index in [9.17, 15) is 0 Å². The van der Waals surface area contributed by atoms with Crippen LogP contribution in [0.4, 0.5) is 0 Å². The summed E-state index contributed by atoms with van der Waals surface area (Å²) < 4.78 is 5.34. The van der Waals surface area contributed by atoms with Gasteiger partial charge >= 0.3 is 0 Å². The van der Waals surface area contributed by atoms with Gasteiger partial charge in [-0.05, 0) is 19.1 Å². The molecule has 0 saturated heterocycles. The number of alkyl halides is 1. The Bertz CT molecular complexity index is 496. The van der Waals surface area contributed by atoms with Crippen LogP contribution >= 0.6 is 27.3 Å². The number of methoxy groups -OCH3 is 1. The first-order chi connectivity index (χ1) is 7.76. The van der Waals surface area contributed by atoms with Crippen molar-refractivity contribution in [2.24, 2.45) is 0 Å². The second-order valence-electron chi connectivity index (χ2n) is 3.36. The number of halogens is 1. The molecule has 1 aromatic carbocycles. The van der Waals surface area contributed by atoms with Gasteiger partial charge in [0.15, 0.2) is 0 Å². The quantitative estimate of drug-likeness (QED) is 0.798. The number of nitrogens with zero attached hydrogens (tertiary/aromatic N) is 1. The number of aromatic nitrogens is 1. The zero-order chi connectivity index (χ0) is 11.5. The van der Waals surface area contributed by atoms with E-state index in [0.29, 0.717) is 0 Å². The van der Waals surface area contributed by atoms with E-state index in [1.165, 1.54) is 4.88 Å². The zero-order valence-corrected chi connectivity index (χ0v) is 11.6. The van der Waals surface area contributed by atoms with Gasteiger partial charge in [-0.3, -0.25) is 0 Å². The van der Waals surface area contributed by atoms with Gasteiger partial charge in [-0.15, -0.1) is 11.3 Å². The van der Waals surface area contributed by atoms with Gasteiger partial charge in [0.25, 0.3) is 0 Å². The van der Waals surface area contributed by atoms with E-state index >= 15 is 0 Å². The van der Waals surface area contributed by atoms with Gasteiger partial charge < -0.3 is 4.74 Å². The van der Waals surface area contributed by atoms with Crippen LogP contribution in [0.2, 0.25) is 0 Å². The van der Waals surface area contributed by atoms with Crippen molar-refractivity contribution >= 4 is 27.3 Å². The smallest absolute Gasteiger partial charge is 0.129 e. The van der Waals surface area contributed by atoms with Crippen LogP contribution in [0.3, 0.4) is 0 Å². The molecule has 0 spiro atoms. The predicted octanol–water partition coefficient (Wildman–Crippen LogP) is 4.02. The van der Waals surface area contributed by atoms with Crippen molar-refractivity contribution in [3.8, 4) is 16.3 Å². The van der Waals surface area contributed by atoms with E-state index in [0.717, 1.165) is 27.3 Å². The number of rotatable bonds is 3. The highest BCUT2D eigenvalue weighted by molar-refractivity contribution is 9.08. The second kappa shape index (κ2) is 4.97. The van der Waals surface area contributed by atoms with Crippen molar-refractivity contribution in [1.82, 2.24) is 4.98 Å². The first kappa shape index (κ1) is 11.6. The molecule has 0 radical (unpaired) electrons. The zero-order valence-electron chi connectivity index (χ0n) is 9.16. The van der Waals surface area contributed by atoms with Crippen molar-refractivity contribution in [2.75, 3.05) is 7.11 Å². The maximum Gasteiger partial charge on any atom is 0.129 e. The van der Waals surface area contributed by atoms with Gasteiger partial charge in [0.05, 0.1) is 18.4 Å². The van der Waals surface area contributed by atoms with Gasteiger partial charge in [0.2, 0.25) is 0 Å². The monoisotopic (exact) mass is 297 g/mol. The lowest BCUT2D eigenvalue weighted by Crippen LogP contribution is -1.86. The van der Waals surface area contributed by atoms with Gasteiger partial charge in [0, 0.05) is 10.2 Å². The maximum atomic E-state index is 5.34. The second-order valence-corrected chi connectivity index (χ2v) is 5.01. The molecule has 0 amide bonds. The number of benzene rings is 1. The Morgan fingerprint density at radius 2 is 2.12 bits per heavy atom. The summed E-state index contributed by atoms with van der Waals surface area (Å²) in [4.78, 5) is 5.83. The van der Waals surface area contributed by atoms with Crippen molar-refractivity contribution in [3.05, 3.63) is 34.8 Å². The number of hydrogen-bond donors (Lipinski definition) is 0. The molecular formula is C12H12BrNOS. The predicted molar refractivity (Wildman–Crippen MR) is 71.5 cm³/mol. The molecule has 2 aromatic rings. The minimum atomic E-state index is 0.853. The molecule has 1 heterocycles. The average molecular weight is 298 g/mol. The third-order valence-corrected chi connectivity index (χ3v) is 4.47. The molecule has 4 heteroatoms. The van der Waals surface area contributed by atoms with E-state index in [1.54, 1.807) is 18.4 Å². The van der Waals surface area contributed by atoms with Crippen LogP contribution in [0, 0.1) is 6.92 Å². The molecular weight excluding hydrogens is 286 g/mol. The molecule has 0 N–H and O–H groups in total. The molecule has 0 atom stereocenters. The lowest BCUT2D eigenvalue weighted by molar-refractivity contribution is 0.416. The van der Waals surface area contributed by atoms with Crippen LogP contribution in [0.1, 0.15) is 10.6 Å². The number of aryl methyl sites for hydroxylation is 1. The summed E-state index contributed by atoms with van der Waals surface area (Å²) in [5, 5.41) is 1.87. The molecule has 1 aromatic heterocycles. The van der Waals surface area contributed by atoms with Crippen molar-refractivity contribution < 1.29 is 4.74 Å². The Kier molecular flexibility index (Phi) is 3.61. The fraction of sp³-hybridized carbons (Fsp3) is 0.250. The summed E-state index contributed by atoms with van der Waals surface area (Å²) in [6, 6.07) is 7.96. The number of para-hydroxylation sites is 1. The maximum absolute atomic E-state index is 5.34. The molecule has 2 nitrogen and oxygen atoms in total. The normalized spacial score (nSPS) is 10.4. The van der Waals surface area contributed by atoms with Gasteiger partial charge in [-0.25, -0.2) is 4.98 Å². The number of thiazole rings is 1. The average Bonchev–Trinajstić information content (AvgIpc) is 2.70. The topological polar surface area (TPSA) is 22.1 Å². The van der Waals surface area contributed by atoms with Crippen molar-refractivity contribution in [3.63, 3.8) is 0 Å². The summed E-state index contributed by atoms with van der Waals surface area (Å²) >= 11 is 5.17. The minimum Gasteiger partial charge on any atom is -0.496 e. The summed E-state index contributed by atoms with van der Waals surface area (Å²) in [6.07, 6.45) is 0. The Morgan fingerprint density at radius 1 is 1.38 bits per heavy atom. The molecule has 0 bridgehead atoms. The Morgan fingerprint density at radius 3 is 2.75 bits per heavy atom. The van der Waals surface area contributed by atoms with Crippen molar-refractivity contribution in [2.45, 2.75) is 12.3 Å². The van der Waals surface area contributed by atoms with Crippen LogP contribution in [0.25, 0.3) is 10.6 Å². The van der Waals surface area contributed by atoms with E-state index in [-0.39, 0.29) is 0 Å². The largest absolute Gasteiger partial charge is 0.496 e. The molecule has 0 aliphatic heterocycles. The van der Waals surface area contributed by atoms with E-state index in [2.05, 4.69) is 20.9 Å². The van der Waals surface area contributed by atoms with Crippen LogP contribution in [0.15, 0.2) is 24.3 Å². The molecule has 16 heavy (non-hydrogen) atoms. The molecule has 0 aliphatic carbocycles.